The lowest BCUT2D eigenvalue weighted by Crippen LogP contribution is -2.46. The number of hydrogen-bond acceptors (Lipinski definition) is 3. The number of nitrogens with zero attached hydrogens (tertiary/aromatic N) is 2. The third-order valence-corrected chi connectivity index (χ3v) is 6.54. The summed E-state index contributed by atoms with van der Waals surface area (Å²) in [7, 11) is 0. The standard InChI is InChI=1S/C24H21N3O2/c28-24(17-5-6-21-22(11-17)26-14-25-21)27-8-1-2-19-20-10-15(18-7-9-29-13-18)3-4-16(20)12-23(19)27/h3-7,9-11,13-14,19,23H,1-2,8,12H2,(H,25,26)/t19-,23+/m0/s1. The first-order chi connectivity index (χ1) is 14.3. The number of amides is 1. The van der Waals surface area contributed by atoms with Gasteiger partial charge in [0.25, 0.3) is 5.91 Å². The van der Waals surface area contributed by atoms with Crippen LogP contribution in [-0.2, 0) is 6.42 Å². The Kier molecular flexibility index (Phi) is 3.63. The van der Waals surface area contributed by atoms with E-state index in [1.165, 1.54) is 16.7 Å². The van der Waals surface area contributed by atoms with Crippen molar-refractivity contribution < 1.29 is 9.21 Å². The molecule has 1 amide bonds. The third kappa shape index (κ3) is 2.61. The van der Waals surface area contributed by atoms with Crippen LogP contribution in [0.5, 0.6) is 0 Å². The average Bonchev–Trinajstić information content (AvgIpc) is 3.51. The fourth-order valence-electron chi connectivity index (χ4n) is 5.12. The number of rotatable bonds is 2. The highest BCUT2D eigenvalue weighted by Gasteiger charge is 2.41. The SMILES string of the molecule is O=C(c1ccc2nc[nH]c2c1)N1CCC[C@H]2c3cc(-c4ccoc4)ccc3C[C@H]21. The molecule has 1 aliphatic heterocycles. The molecule has 6 rings (SSSR count). The molecule has 2 aromatic carbocycles. The van der Waals surface area contributed by atoms with E-state index < -0.39 is 0 Å². The first-order valence-electron chi connectivity index (χ1n) is 10.2. The number of aromatic nitrogens is 2. The van der Waals surface area contributed by atoms with Crippen LogP contribution in [0.25, 0.3) is 22.2 Å². The molecule has 0 bridgehead atoms. The molecule has 0 unspecified atom stereocenters. The van der Waals surface area contributed by atoms with Crippen LogP contribution in [-0.4, -0.2) is 33.4 Å². The summed E-state index contributed by atoms with van der Waals surface area (Å²) in [6.45, 7) is 0.823. The number of imidazole rings is 1. The number of piperidine rings is 1. The largest absolute Gasteiger partial charge is 0.472 e. The summed E-state index contributed by atoms with van der Waals surface area (Å²) in [5.74, 6) is 0.532. The Hall–Kier alpha value is -3.34. The summed E-state index contributed by atoms with van der Waals surface area (Å²) in [6.07, 6.45) is 8.27. The highest BCUT2D eigenvalue weighted by atomic mass is 16.3. The van der Waals surface area contributed by atoms with Gasteiger partial charge in [0.2, 0.25) is 0 Å². The molecule has 1 fully saturated rings. The molecule has 144 valence electrons. The normalized spacial score (nSPS) is 20.6. The van der Waals surface area contributed by atoms with Crippen molar-refractivity contribution in [2.45, 2.75) is 31.2 Å². The lowest BCUT2D eigenvalue weighted by atomic mass is 9.87. The molecule has 1 saturated heterocycles. The maximum Gasteiger partial charge on any atom is 0.254 e. The Morgan fingerprint density at radius 2 is 2.10 bits per heavy atom. The average molecular weight is 383 g/mol. The van der Waals surface area contributed by atoms with Gasteiger partial charge in [0.05, 0.1) is 29.9 Å². The van der Waals surface area contributed by atoms with Gasteiger partial charge in [-0.25, -0.2) is 4.98 Å². The molecule has 4 aromatic rings. The van der Waals surface area contributed by atoms with E-state index in [0.29, 0.717) is 5.92 Å². The molecule has 1 N–H and O–H groups in total. The molecule has 0 spiro atoms. The van der Waals surface area contributed by atoms with Gasteiger partial charge in [-0.05, 0) is 60.2 Å². The maximum absolute atomic E-state index is 13.4. The lowest BCUT2D eigenvalue weighted by Gasteiger charge is -2.38. The smallest absolute Gasteiger partial charge is 0.254 e. The van der Waals surface area contributed by atoms with E-state index in [9.17, 15) is 4.79 Å². The number of H-pyrrole nitrogens is 1. The van der Waals surface area contributed by atoms with E-state index in [-0.39, 0.29) is 11.9 Å². The highest BCUT2D eigenvalue weighted by Crippen LogP contribution is 2.44. The molecule has 1 aliphatic carbocycles. The van der Waals surface area contributed by atoms with Gasteiger partial charge in [0.1, 0.15) is 0 Å². The van der Waals surface area contributed by atoms with Crippen LogP contribution >= 0.6 is 0 Å². The van der Waals surface area contributed by atoms with Crippen molar-refractivity contribution in [3.8, 4) is 11.1 Å². The van der Waals surface area contributed by atoms with E-state index in [2.05, 4.69) is 33.1 Å². The van der Waals surface area contributed by atoms with Crippen LogP contribution < -0.4 is 0 Å². The zero-order chi connectivity index (χ0) is 19.4. The molecule has 2 aromatic heterocycles. The van der Waals surface area contributed by atoms with Crippen molar-refractivity contribution in [3.05, 3.63) is 78.0 Å². The van der Waals surface area contributed by atoms with E-state index in [4.69, 9.17) is 4.42 Å². The topological polar surface area (TPSA) is 62.1 Å². The first kappa shape index (κ1) is 16.6. The number of carbonyl (C=O) groups excluding carboxylic acids is 1. The summed E-state index contributed by atoms with van der Waals surface area (Å²) in [6, 6.07) is 14.7. The molecule has 3 heterocycles. The predicted molar refractivity (Wildman–Crippen MR) is 111 cm³/mol. The van der Waals surface area contributed by atoms with E-state index in [1.807, 2.05) is 24.3 Å². The van der Waals surface area contributed by atoms with Gasteiger partial charge in [-0.15, -0.1) is 0 Å². The first-order valence-corrected chi connectivity index (χ1v) is 10.2. The number of aromatic amines is 1. The molecule has 0 radical (unpaired) electrons. The lowest BCUT2D eigenvalue weighted by molar-refractivity contribution is 0.0595. The molecule has 2 aliphatic rings. The van der Waals surface area contributed by atoms with Gasteiger partial charge in [-0.1, -0.05) is 18.2 Å². The van der Waals surface area contributed by atoms with Crippen LogP contribution in [0.1, 0.15) is 40.2 Å². The fourth-order valence-corrected chi connectivity index (χ4v) is 5.12. The highest BCUT2D eigenvalue weighted by molar-refractivity contribution is 5.97. The molecule has 5 heteroatoms. The Labute approximate surface area is 168 Å². The van der Waals surface area contributed by atoms with E-state index in [0.717, 1.165) is 48.0 Å². The Morgan fingerprint density at radius 3 is 3.00 bits per heavy atom. The van der Waals surface area contributed by atoms with Crippen molar-refractivity contribution >= 4 is 16.9 Å². The zero-order valence-corrected chi connectivity index (χ0v) is 16.0. The molecular weight excluding hydrogens is 362 g/mol. The minimum atomic E-state index is 0.124. The van der Waals surface area contributed by atoms with E-state index in [1.54, 1.807) is 18.9 Å². The van der Waals surface area contributed by atoms with Crippen molar-refractivity contribution in [2.24, 2.45) is 0 Å². The van der Waals surface area contributed by atoms with Crippen molar-refractivity contribution in [2.75, 3.05) is 6.54 Å². The van der Waals surface area contributed by atoms with Crippen molar-refractivity contribution in [3.63, 3.8) is 0 Å². The van der Waals surface area contributed by atoms with Crippen LogP contribution in [0.15, 0.2) is 65.7 Å². The summed E-state index contributed by atoms with van der Waals surface area (Å²) in [4.78, 5) is 22.9. The Morgan fingerprint density at radius 1 is 1.14 bits per heavy atom. The van der Waals surface area contributed by atoms with Crippen molar-refractivity contribution in [1.82, 2.24) is 14.9 Å². The minimum Gasteiger partial charge on any atom is -0.472 e. The van der Waals surface area contributed by atoms with Gasteiger partial charge in [0.15, 0.2) is 0 Å². The molecule has 5 nitrogen and oxygen atoms in total. The Balaban J connectivity index is 1.33. The summed E-state index contributed by atoms with van der Waals surface area (Å²) in [5.41, 5.74) is 7.59. The third-order valence-electron chi connectivity index (χ3n) is 6.54. The van der Waals surface area contributed by atoms with Crippen molar-refractivity contribution in [1.29, 1.82) is 0 Å². The number of carbonyl (C=O) groups is 1. The van der Waals surface area contributed by atoms with E-state index >= 15 is 0 Å². The second-order valence-electron chi connectivity index (χ2n) is 8.08. The zero-order valence-electron chi connectivity index (χ0n) is 16.0. The fraction of sp³-hybridized carbons (Fsp3) is 0.250. The quantitative estimate of drug-likeness (QED) is 0.542. The van der Waals surface area contributed by atoms with Crippen LogP contribution in [0.2, 0.25) is 0 Å². The van der Waals surface area contributed by atoms with Gasteiger partial charge < -0.3 is 14.3 Å². The van der Waals surface area contributed by atoms with Crippen LogP contribution in [0.3, 0.4) is 0 Å². The number of nitrogens with one attached hydrogen (secondary N) is 1. The Bertz CT molecular complexity index is 1210. The second kappa shape index (κ2) is 6.34. The van der Waals surface area contributed by atoms with Gasteiger partial charge in [-0.3, -0.25) is 4.79 Å². The molecular formula is C24H21N3O2. The second-order valence-corrected chi connectivity index (χ2v) is 8.08. The number of fused-ring (bicyclic) bond motifs is 4. The van der Waals surface area contributed by atoms with Crippen LogP contribution in [0.4, 0.5) is 0 Å². The van der Waals surface area contributed by atoms with Gasteiger partial charge in [0, 0.05) is 29.6 Å². The van der Waals surface area contributed by atoms with Gasteiger partial charge in [-0.2, -0.15) is 0 Å². The molecule has 2 atom stereocenters. The number of furan rings is 1. The molecule has 0 saturated carbocycles. The number of hydrogen-bond donors (Lipinski definition) is 1. The summed E-state index contributed by atoms with van der Waals surface area (Å²) in [5, 5.41) is 0. The van der Waals surface area contributed by atoms with Crippen LogP contribution in [0, 0.1) is 0 Å². The maximum atomic E-state index is 13.4. The molecule has 29 heavy (non-hydrogen) atoms. The van der Waals surface area contributed by atoms with Gasteiger partial charge >= 0.3 is 0 Å². The number of likely N-dealkylation sites (tertiary alicyclic amines) is 1. The minimum absolute atomic E-state index is 0.124. The predicted octanol–water partition coefficient (Wildman–Crippen LogP) is 4.77. The number of benzene rings is 2. The summed E-state index contributed by atoms with van der Waals surface area (Å²) < 4.78 is 5.26. The summed E-state index contributed by atoms with van der Waals surface area (Å²) >= 11 is 0. The monoisotopic (exact) mass is 383 g/mol.